The lowest BCUT2D eigenvalue weighted by molar-refractivity contribution is 0.0792. The van der Waals surface area contributed by atoms with Crippen LogP contribution in [0.5, 0.6) is 0 Å². The van der Waals surface area contributed by atoms with Crippen molar-refractivity contribution < 1.29 is 5.11 Å². The lowest BCUT2D eigenvalue weighted by Gasteiger charge is -2.21. The first-order valence-corrected chi connectivity index (χ1v) is 5.46. The highest BCUT2D eigenvalue weighted by Crippen LogP contribution is 2.31. The zero-order valence-electron chi connectivity index (χ0n) is 9.64. The SMILES string of the molecule is CC(C)(O)c1ccccc1-c1ccccc1. The quantitative estimate of drug-likeness (QED) is 0.806. The summed E-state index contributed by atoms with van der Waals surface area (Å²) in [6, 6.07) is 18.1. The predicted octanol–water partition coefficient (Wildman–Crippen LogP) is 3.58. The van der Waals surface area contributed by atoms with Crippen molar-refractivity contribution in [2.45, 2.75) is 19.4 Å². The van der Waals surface area contributed by atoms with Gasteiger partial charge >= 0.3 is 0 Å². The topological polar surface area (TPSA) is 20.2 Å². The van der Waals surface area contributed by atoms with Crippen LogP contribution in [0.15, 0.2) is 54.6 Å². The molecule has 82 valence electrons. The fourth-order valence-electron chi connectivity index (χ4n) is 1.89. The molecule has 16 heavy (non-hydrogen) atoms. The number of aliphatic hydroxyl groups is 1. The van der Waals surface area contributed by atoms with Crippen LogP contribution >= 0.6 is 0 Å². The van der Waals surface area contributed by atoms with Crippen LogP contribution in [0.2, 0.25) is 0 Å². The van der Waals surface area contributed by atoms with Crippen molar-refractivity contribution in [2.24, 2.45) is 0 Å². The number of rotatable bonds is 2. The Hall–Kier alpha value is -1.60. The highest BCUT2D eigenvalue weighted by molar-refractivity contribution is 5.68. The molecule has 0 aliphatic carbocycles. The van der Waals surface area contributed by atoms with Gasteiger partial charge in [0.2, 0.25) is 0 Å². The second-order valence-corrected chi connectivity index (χ2v) is 4.47. The monoisotopic (exact) mass is 212 g/mol. The molecule has 0 fully saturated rings. The molecule has 2 rings (SSSR count). The Bertz CT molecular complexity index is 466. The van der Waals surface area contributed by atoms with Gasteiger partial charge in [-0.2, -0.15) is 0 Å². The van der Waals surface area contributed by atoms with Gasteiger partial charge in [-0.1, -0.05) is 54.6 Å². The van der Waals surface area contributed by atoms with E-state index < -0.39 is 5.60 Å². The van der Waals surface area contributed by atoms with Gasteiger partial charge in [0, 0.05) is 0 Å². The minimum absolute atomic E-state index is 0.813. The molecule has 0 saturated carbocycles. The van der Waals surface area contributed by atoms with E-state index in [0.29, 0.717) is 0 Å². The third kappa shape index (κ3) is 2.15. The Balaban J connectivity index is 2.58. The zero-order valence-corrected chi connectivity index (χ0v) is 9.64. The van der Waals surface area contributed by atoms with E-state index >= 15 is 0 Å². The van der Waals surface area contributed by atoms with Gasteiger partial charge in [0.1, 0.15) is 0 Å². The molecule has 0 atom stereocenters. The van der Waals surface area contributed by atoms with Crippen molar-refractivity contribution in [3.8, 4) is 11.1 Å². The molecule has 0 bridgehead atoms. The summed E-state index contributed by atoms with van der Waals surface area (Å²) in [7, 11) is 0. The van der Waals surface area contributed by atoms with Crippen molar-refractivity contribution in [3.63, 3.8) is 0 Å². The minimum atomic E-state index is -0.813. The van der Waals surface area contributed by atoms with E-state index in [-0.39, 0.29) is 0 Å². The molecule has 2 aromatic carbocycles. The molecule has 0 unspecified atom stereocenters. The van der Waals surface area contributed by atoms with E-state index in [1.807, 2.05) is 56.3 Å². The molecule has 0 radical (unpaired) electrons. The normalized spacial score (nSPS) is 11.4. The standard InChI is InChI=1S/C15H16O/c1-15(2,16)14-11-7-6-10-13(14)12-8-4-3-5-9-12/h3-11,16H,1-2H3. The Morgan fingerprint density at radius 2 is 1.38 bits per heavy atom. The Kier molecular flexibility index (Phi) is 2.80. The molecule has 0 spiro atoms. The van der Waals surface area contributed by atoms with Gasteiger partial charge < -0.3 is 5.11 Å². The van der Waals surface area contributed by atoms with E-state index in [0.717, 1.165) is 16.7 Å². The highest BCUT2D eigenvalue weighted by atomic mass is 16.3. The summed E-state index contributed by atoms with van der Waals surface area (Å²) in [6.07, 6.45) is 0. The summed E-state index contributed by atoms with van der Waals surface area (Å²) >= 11 is 0. The minimum Gasteiger partial charge on any atom is -0.386 e. The van der Waals surface area contributed by atoms with E-state index in [4.69, 9.17) is 0 Å². The summed E-state index contributed by atoms with van der Waals surface area (Å²) in [6.45, 7) is 3.63. The smallest absolute Gasteiger partial charge is 0.0846 e. The molecule has 0 aliphatic heterocycles. The van der Waals surface area contributed by atoms with E-state index in [1.54, 1.807) is 0 Å². The van der Waals surface area contributed by atoms with Crippen molar-refractivity contribution in [1.82, 2.24) is 0 Å². The maximum absolute atomic E-state index is 10.1. The van der Waals surface area contributed by atoms with Gasteiger partial charge in [-0.25, -0.2) is 0 Å². The maximum Gasteiger partial charge on any atom is 0.0846 e. The first kappa shape index (κ1) is 10.9. The average molecular weight is 212 g/mol. The molecule has 1 heteroatoms. The van der Waals surface area contributed by atoms with Crippen LogP contribution in [-0.2, 0) is 5.60 Å². The maximum atomic E-state index is 10.1. The average Bonchev–Trinajstić information content (AvgIpc) is 2.29. The van der Waals surface area contributed by atoms with Crippen LogP contribution in [-0.4, -0.2) is 5.11 Å². The lowest BCUT2D eigenvalue weighted by atomic mass is 9.90. The van der Waals surface area contributed by atoms with Crippen LogP contribution in [0.4, 0.5) is 0 Å². The molecule has 1 N–H and O–H groups in total. The number of hydrogen-bond acceptors (Lipinski definition) is 1. The van der Waals surface area contributed by atoms with Gasteiger partial charge in [0.05, 0.1) is 5.60 Å². The summed E-state index contributed by atoms with van der Waals surface area (Å²) in [4.78, 5) is 0. The molecule has 0 amide bonds. The molecule has 0 saturated heterocycles. The lowest BCUT2D eigenvalue weighted by Crippen LogP contribution is -2.16. The van der Waals surface area contributed by atoms with Gasteiger partial charge in [0.15, 0.2) is 0 Å². The second kappa shape index (κ2) is 4.11. The fourth-order valence-corrected chi connectivity index (χ4v) is 1.89. The van der Waals surface area contributed by atoms with Crippen molar-refractivity contribution in [2.75, 3.05) is 0 Å². The summed E-state index contributed by atoms with van der Waals surface area (Å²) in [5.41, 5.74) is 2.38. The Morgan fingerprint density at radius 3 is 2.00 bits per heavy atom. The van der Waals surface area contributed by atoms with E-state index in [1.165, 1.54) is 0 Å². The molecule has 2 aromatic rings. The van der Waals surface area contributed by atoms with Crippen molar-refractivity contribution in [1.29, 1.82) is 0 Å². The molecular weight excluding hydrogens is 196 g/mol. The molecule has 0 heterocycles. The first-order valence-electron chi connectivity index (χ1n) is 5.46. The van der Waals surface area contributed by atoms with E-state index in [2.05, 4.69) is 12.1 Å². The molecule has 0 aromatic heterocycles. The Labute approximate surface area is 96.4 Å². The van der Waals surface area contributed by atoms with Crippen LogP contribution in [0.25, 0.3) is 11.1 Å². The van der Waals surface area contributed by atoms with Crippen LogP contribution in [0, 0.1) is 0 Å². The van der Waals surface area contributed by atoms with Gasteiger partial charge in [0.25, 0.3) is 0 Å². The van der Waals surface area contributed by atoms with Gasteiger partial charge in [-0.3, -0.25) is 0 Å². The first-order chi connectivity index (χ1) is 7.59. The highest BCUT2D eigenvalue weighted by Gasteiger charge is 2.19. The molecule has 1 nitrogen and oxygen atoms in total. The summed E-state index contributed by atoms with van der Waals surface area (Å²) < 4.78 is 0. The van der Waals surface area contributed by atoms with Crippen molar-refractivity contribution >= 4 is 0 Å². The number of hydrogen-bond donors (Lipinski definition) is 1. The van der Waals surface area contributed by atoms with Gasteiger partial charge in [-0.05, 0) is 30.5 Å². The van der Waals surface area contributed by atoms with Crippen LogP contribution in [0.1, 0.15) is 19.4 Å². The van der Waals surface area contributed by atoms with E-state index in [9.17, 15) is 5.11 Å². The Morgan fingerprint density at radius 1 is 0.812 bits per heavy atom. The summed E-state index contributed by atoms with van der Waals surface area (Å²) in [5.74, 6) is 0. The third-order valence-corrected chi connectivity index (χ3v) is 2.67. The third-order valence-electron chi connectivity index (χ3n) is 2.67. The van der Waals surface area contributed by atoms with Crippen molar-refractivity contribution in [3.05, 3.63) is 60.2 Å². The molecular formula is C15H16O. The largest absolute Gasteiger partial charge is 0.386 e. The fraction of sp³-hybridized carbons (Fsp3) is 0.200. The second-order valence-electron chi connectivity index (χ2n) is 4.47. The summed E-state index contributed by atoms with van der Waals surface area (Å²) in [5, 5.41) is 10.1. The zero-order chi connectivity index (χ0) is 11.6. The van der Waals surface area contributed by atoms with Crippen LogP contribution < -0.4 is 0 Å². The van der Waals surface area contributed by atoms with Gasteiger partial charge in [-0.15, -0.1) is 0 Å². The predicted molar refractivity (Wildman–Crippen MR) is 67.1 cm³/mol. The van der Waals surface area contributed by atoms with Crippen LogP contribution in [0.3, 0.4) is 0 Å². The molecule has 0 aliphatic rings. The number of benzene rings is 2.